The van der Waals surface area contributed by atoms with Crippen LogP contribution in [0.3, 0.4) is 0 Å². The van der Waals surface area contributed by atoms with Crippen LogP contribution in [0.15, 0.2) is 170 Å². The predicted molar refractivity (Wildman–Crippen MR) is 198 cm³/mol. The molecule has 0 unspecified atom stereocenters. The van der Waals surface area contributed by atoms with Gasteiger partial charge in [0.05, 0.1) is 45.6 Å². The van der Waals surface area contributed by atoms with Crippen LogP contribution in [0.1, 0.15) is 11.1 Å². The number of aromatic nitrogens is 6. The Kier molecular flexibility index (Phi) is 8.43. The Labute approximate surface area is 290 Å². The summed E-state index contributed by atoms with van der Waals surface area (Å²) < 4.78 is 0. The van der Waals surface area contributed by atoms with Gasteiger partial charge >= 0.3 is 0 Å². The molecule has 0 aliphatic heterocycles. The van der Waals surface area contributed by atoms with E-state index in [2.05, 4.69) is 80.3 Å². The van der Waals surface area contributed by atoms with Gasteiger partial charge in [-0.3, -0.25) is 19.9 Å². The molecule has 8 rings (SSSR count). The summed E-state index contributed by atoms with van der Waals surface area (Å²) in [7, 11) is 0. The van der Waals surface area contributed by atoms with Crippen molar-refractivity contribution in [2.24, 2.45) is 0 Å². The van der Waals surface area contributed by atoms with Crippen LogP contribution >= 0.6 is 0 Å². The molecule has 0 N–H and O–H groups in total. The quantitative estimate of drug-likeness (QED) is 0.169. The summed E-state index contributed by atoms with van der Waals surface area (Å²) in [5.41, 5.74) is 12.5. The minimum Gasteiger partial charge on any atom is -0.255 e. The standard InChI is InChI=1S/C44H28N6/c1-5-23-45-37(9-1)41-27-35(28-42(49-41)38-10-2-6-24-46-38)33-19-15-31(16-20-33)13-14-32-17-21-34(22-18-32)36-29-43(39-11-3-7-25-47-39)50-44(30-36)40-12-4-8-26-48-40/h1-12,15-30H. The number of hydrogen-bond donors (Lipinski definition) is 0. The third-order valence-electron chi connectivity index (χ3n) is 8.15. The molecule has 0 amide bonds. The Bertz CT molecular complexity index is 2150. The summed E-state index contributed by atoms with van der Waals surface area (Å²) in [4.78, 5) is 27.9. The van der Waals surface area contributed by atoms with Crippen LogP contribution in [0.2, 0.25) is 0 Å². The first-order valence-electron chi connectivity index (χ1n) is 16.2. The predicted octanol–water partition coefficient (Wildman–Crippen LogP) is 9.46. The lowest BCUT2D eigenvalue weighted by atomic mass is 10.0. The summed E-state index contributed by atoms with van der Waals surface area (Å²) in [5, 5.41) is 0. The summed E-state index contributed by atoms with van der Waals surface area (Å²) >= 11 is 0. The molecule has 2 aromatic carbocycles. The molecule has 6 nitrogen and oxygen atoms in total. The smallest absolute Gasteiger partial charge is 0.0900 e. The van der Waals surface area contributed by atoms with Gasteiger partial charge in [-0.15, -0.1) is 0 Å². The lowest BCUT2D eigenvalue weighted by molar-refractivity contribution is 1.22. The second-order valence-corrected chi connectivity index (χ2v) is 11.5. The van der Waals surface area contributed by atoms with Crippen molar-refractivity contribution in [1.29, 1.82) is 0 Å². The van der Waals surface area contributed by atoms with Gasteiger partial charge in [0.1, 0.15) is 0 Å². The van der Waals surface area contributed by atoms with Gasteiger partial charge in [-0.2, -0.15) is 0 Å². The fourth-order valence-corrected chi connectivity index (χ4v) is 5.61. The second-order valence-electron chi connectivity index (χ2n) is 11.5. The maximum Gasteiger partial charge on any atom is 0.0900 e. The molecule has 0 saturated carbocycles. The number of benzene rings is 2. The molecule has 50 heavy (non-hydrogen) atoms. The Morgan fingerprint density at radius 3 is 0.840 bits per heavy atom. The number of hydrogen-bond acceptors (Lipinski definition) is 6. The average Bonchev–Trinajstić information content (AvgIpc) is 3.21. The maximum absolute atomic E-state index is 4.89. The van der Waals surface area contributed by atoms with E-state index >= 15 is 0 Å². The molecule has 0 aliphatic rings. The van der Waals surface area contributed by atoms with Gasteiger partial charge in [0.25, 0.3) is 0 Å². The number of rotatable bonds is 6. The first kappa shape index (κ1) is 30.2. The van der Waals surface area contributed by atoms with Gasteiger partial charge in [0.2, 0.25) is 0 Å². The average molecular weight is 641 g/mol. The van der Waals surface area contributed by atoms with Crippen LogP contribution in [0.25, 0.3) is 67.8 Å². The van der Waals surface area contributed by atoms with Gasteiger partial charge in [-0.05, 0) is 119 Å². The van der Waals surface area contributed by atoms with Crippen molar-refractivity contribution in [2.45, 2.75) is 0 Å². The molecule has 0 fully saturated rings. The van der Waals surface area contributed by atoms with E-state index in [9.17, 15) is 0 Å². The molecule has 0 atom stereocenters. The molecular weight excluding hydrogens is 613 g/mol. The minimum atomic E-state index is 0.795. The zero-order valence-electron chi connectivity index (χ0n) is 26.8. The van der Waals surface area contributed by atoms with E-state index in [1.54, 1.807) is 24.8 Å². The highest BCUT2D eigenvalue weighted by atomic mass is 14.8. The van der Waals surface area contributed by atoms with Crippen molar-refractivity contribution >= 4 is 0 Å². The monoisotopic (exact) mass is 640 g/mol. The number of nitrogens with zero attached hydrogens (tertiary/aromatic N) is 6. The van der Waals surface area contributed by atoms with E-state index in [1.807, 2.05) is 97.1 Å². The lowest BCUT2D eigenvalue weighted by Gasteiger charge is -2.09. The summed E-state index contributed by atoms with van der Waals surface area (Å²) in [5.74, 6) is 6.65. The van der Waals surface area contributed by atoms with Crippen molar-refractivity contribution in [3.8, 4) is 79.6 Å². The van der Waals surface area contributed by atoms with Crippen molar-refractivity contribution in [1.82, 2.24) is 29.9 Å². The first-order chi connectivity index (χ1) is 24.7. The van der Waals surface area contributed by atoms with E-state index in [0.29, 0.717) is 0 Å². The van der Waals surface area contributed by atoms with Crippen molar-refractivity contribution in [3.05, 3.63) is 182 Å². The highest BCUT2D eigenvalue weighted by molar-refractivity contribution is 5.76. The Morgan fingerprint density at radius 1 is 0.280 bits per heavy atom. The zero-order chi connectivity index (χ0) is 33.5. The Balaban J connectivity index is 1.06. The Hall–Kier alpha value is -7.10. The van der Waals surface area contributed by atoms with Crippen LogP contribution in [0.5, 0.6) is 0 Å². The molecular formula is C44H28N6. The minimum absolute atomic E-state index is 0.795. The summed E-state index contributed by atoms with van der Waals surface area (Å²) in [6.45, 7) is 0. The first-order valence-corrected chi connectivity index (χ1v) is 16.2. The van der Waals surface area contributed by atoms with Crippen molar-refractivity contribution in [2.75, 3.05) is 0 Å². The van der Waals surface area contributed by atoms with E-state index in [4.69, 9.17) is 9.97 Å². The number of pyridine rings is 6. The van der Waals surface area contributed by atoms with E-state index < -0.39 is 0 Å². The van der Waals surface area contributed by atoms with Gasteiger partial charge < -0.3 is 0 Å². The molecule has 234 valence electrons. The van der Waals surface area contributed by atoms with Crippen LogP contribution in [-0.2, 0) is 0 Å². The molecule has 0 aliphatic carbocycles. The SMILES string of the molecule is C(#Cc1ccc(-c2cc(-c3ccccn3)nc(-c3ccccn3)c2)cc1)c1ccc(-c2cc(-c3ccccn3)nc(-c3ccccn3)c2)cc1. The van der Waals surface area contributed by atoms with Gasteiger partial charge in [-0.25, -0.2) is 9.97 Å². The third kappa shape index (κ3) is 6.79. The van der Waals surface area contributed by atoms with Crippen molar-refractivity contribution in [3.63, 3.8) is 0 Å². The largest absolute Gasteiger partial charge is 0.255 e. The van der Waals surface area contributed by atoms with Crippen molar-refractivity contribution < 1.29 is 0 Å². The highest BCUT2D eigenvalue weighted by Gasteiger charge is 2.12. The lowest BCUT2D eigenvalue weighted by Crippen LogP contribution is -1.94. The van der Waals surface area contributed by atoms with Gasteiger partial charge in [0, 0.05) is 35.9 Å². The normalized spacial score (nSPS) is 10.6. The third-order valence-corrected chi connectivity index (χ3v) is 8.15. The van der Waals surface area contributed by atoms with Crippen LogP contribution in [-0.4, -0.2) is 29.9 Å². The van der Waals surface area contributed by atoms with E-state index in [0.717, 1.165) is 78.9 Å². The second kappa shape index (κ2) is 13.9. The van der Waals surface area contributed by atoms with Crippen LogP contribution in [0.4, 0.5) is 0 Å². The fourth-order valence-electron chi connectivity index (χ4n) is 5.61. The summed E-state index contributed by atoms with van der Waals surface area (Å²) in [6.07, 6.45) is 7.12. The maximum atomic E-state index is 4.89. The van der Waals surface area contributed by atoms with Crippen LogP contribution in [0, 0.1) is 11.8 Å². The molecule has 0 spiro atoms. The molecule has 6 heteroatoms. The molecule has 6 aromatic heterocycles. The molecule has 0 saturated heterocycles. The molecule has 0 bridgehead atoms. The molecule has 8 aromatic rings. The Morgan fingerprint density at radius 2 is 0.580 bits per heavy atom. The zero-order valence-corrected chi connectivity index (χ0v) is 26.8. The van der Waals surface area contributed by atoms with E-state index in [-0.39, 0.29) is 0 Å². The van der Waals surface area contributed by atoms with Gasteiger partial charge in [0.15, 0.2) is 0 Å². The summed E-state index contributed by atoms with van der Waals surface area (Å²) in [6, 6.07) is 48.2. The molecule has 0 radical (unpaired) electrons. The van der Waals surface area contributed by atoms with Crippen LogP contribution < -0.4 is 0 Å². The van der Waals surface area contributed by atoms with E-state index in [1.165, 1.54) is 0 Å². The highest BCUT2D eigenvalue weighted by Crippen LogP contribution is 2.30. The van der Waals surface area contributed by atoms with Gasteiger partial charge in [-0.1, -0.05) is 60.4 Å². The fraction of sp³-hybridized carbons (Fsp3) is 0. The molecule has 6 heterocycles. The topological polar surface area (TPSA) is 77.3 Å².